The fourth-order valence-electron chi connectivity index (χ4n) is 2.81. The molecule has 3 rings (SSSR count). The quantitative estimate of drug-likeness (QED) is 0.943. The van der Waals surface area contributed by atoms with Gasteiger partial charge in [-0.1, -0.05) is 20.8 Å². The molecule has 1 fully saturated rings. The van der Waals surface area contributed by atoms with Crippen LogP contribution in [0, 0.1) is 0 Å². The summed E-state index contributed by atoms with van der Waals surface area (Å²) >= 11 is 0. The Bertz CT molecular complexity index is 559. The molecule has 1 aliphatic rings. The van der Waals surface area contributed by atoms with Gasteiger partial charge in [-0.25, -0.2) is 9.97 Å². The van der Waals surface area contributed by atoms with Crippen LogP contribution in [0.1, 0.15) is 56.8 Å². The number of aromatic nitrogens is 3. The number of piperidine rings is 1. The predicted molar refractivity (Wildman–Crippen MR) is 81.0 cm³/mol. The van der Waals surface area contributed by atoms with Crippen molar-refractivity contribution in [3.8, 4) is 0 Å². The highest BCUT2D eigenvalue weighted by Crippen LogP contribution is 2.27. The second-order valence-electron chi connectivity index (χ2n) is 6.93. The van der Waals surface area contributed by atoms with E-state index in [0.29, 0.717) is 5.92 Å². The lowest BCUT2D eigenvalue weighted by atomic mass is 9.93. The lowest BCUT2D eigenvalue weighted by Gasteiger charge is -2.30. The fourth-order valence-corrected chi connectivity index (χ4v) is 2.81. The molecule has 3 heterocycles. The van der Waals surface area contributed by atoms with Crippen LogP contribution >= 0.6 is 0 Å². The molecule has 0 aliphatic carbocycles. The zero-order valence-electron chi connectivity index (χ0n) is 13.1. The van der Waals surface area contributed by atoms with Crippen molar-refractivity contribution in [2.24, 2.45) is 0 Å². The Hall–Kier alpha value is -1.62. The molecule has 5 heteroatoms. The third-order valence-corrected chi connectivity index (χ3v) is 4.23. The molecule has 0 saturated carbocycles. The van der Waals surface area contributed by atoms with Crippen LogP contribution < -0.4 is 0 Å². The predicted octanol–water partition coefficient (Wildman–Crippen LogP) is 3.07. The number of oxazole rings is 1. The molecule has 0 radical (unpaired) electrons. The van der Waals surface area contributed by atoms with E-state index in [1.165, 1.54) is 5.69 Å². The van der Waals surface area contributed by atoms with E-state index in [1.54, 1.807) is 12.6 Å². The molecule has 0 unspecified atom stereocenters. The van der Waals surface area contributed by atoms with Gasteiger partial charge >= 0.3 is 0 Å². The Morgan fingerprint density at radius 2 is 2.10 bits per heavy atom. The number of imidazole rings is 1. The number of aromatic amines is 1. The average molecular weight is 288 g/mol. The normalized spacial score (nSPS) is 18.2. The van der Waals surface area contributed by atoms with Crippen molar-refractivity contribution in [1.29, 1.82) is 0 Å². The number of nitrogens with one attached hydrogen (secondary N) is 1. The van der Waals surface area contributed by atoms with Crippen molar-refractivity contribution in [2.45, 2.75) is 51.5 Å². The third kappa shape index (κ3) is 3.35. The summed E-state index contributed by atoms with van der Waals surface area (Å²) in [4.78, 5) is 14.4. The van der Waals surface area contributed by atoms with Gasteiger partial charge in [0.05, 0.1) is 18.6 Å². The summed E-state index contributed by atoms with van der Waals surface area (Å²) in [5.74, 6) is 1.44. The lowest BCUT2D eigenvalue weighted by molar-refractivity contribution is 0.186. The summed E-state index contributed by atoms with van der Waals surface area (Å²) in [6.07, 6.45) is 7.84. The molecule has 2 aromatic rings. The van der Waals surface area contributed by atoms with E-state index < -0.39 is 0 Å². The minimum atomic E-state index is 0.0510. The monoisotopic (exact) mass is 288 g/mol. The summed E-state index contributed by atoms with van der Waals surface area (Å²) < 4.78 is 5.62. The second kappa shape index (κ2) is 5.64. The second-order valence-corrected chi connectivity index (χ2v) is 6.93. The SMILES string of the molecule is CC(C)(C)c1coc(CN2CCC(c3cnc[nH]3)CC2)n1. The molecule has 0 atom stereocenters. The Labute approximate surface area is 125 Å². The maximum Gasteiger partial charge on any atom is 0.208 e. The van der Waals surface area contributed by atoms with Crippen molar-refractivity contribution in [2.75, 3.05) is 13.1 Å². The van der Waals surface area contributed by atoms with Crippen molar-refractivity contribution >= 4 is 0 Å². The summed E-state index contributed by atoms with van der Waals surface area (Å²) in [5.41, 5.74) is 2.35. The Balaban J connectivity index is 1.55. The van der Waals surface area contributed by atoms with E-state index >= 15 is 0 Å². The fraction of sp³-hybridized carbons (Fsp3) is 0.625. The molecule has 114 valence electrons. The number of likely N-dealkylation sites (tertiary alicyclic amines) is 1. The number of nitrogens with zero attached hydrogens (tertiary/aromatic N) is 3. The first-order valence-electron chi connectivity index (χ1n) is 7.68. The summed E-state index contributed by atoms with van der Waals surface area (Å²) in [7, 11) is 0. The van der Waals surface area contributed by atoms with Gasteiger partial charge in [-0.2, -0.15) is 0 Å². The van der Waals surface area contributed by atoms with Gasteiger partial charge in [-0.05, 0) is 25.9 Å². The average Bonchev–Trinajstić information content (AvgIpc) is 3.09. The van der Waals surface area contributed by atoms with Gasteiger partial charge in [-0.3, -0.25) is 4.90 Å². The Morgan fingerprint density at radius 3 is 2.67 bits per heavy atom. The number of hydrogen-bond acceptors (Lipinski definition) is 4. The van der Waals surface area contributed by atoms with Crippen LogP contribution in [0.15, 0.2) is 23.2 Å². The van der Waals surface area contributed by atoms with Crippen LogP contribution in [-0.4, -0.2) is 32.9 Å². The topological polar surface area (TPSA) is 58.0 Å². The molecule has 1 aliphatic heterocycles. The molecular weight excluding hydrogens is 264 g/mol. The first-order chi connectivity index (χ1) is 10.0. The van der Waals surface area contributed by atoms with E-state index in [2.05, 4.69) is 40.6 Å². The van der Waals surface area contributed by atoms with E-state index in [1.807, 2.05) is 6.20 Å². The molecule has 0 bridgehead atoms. The summed E-state index contributed by atoms with van der Waals surface area (Å²) in [6, 6.07) is 0. The minimum Gasteiger partial charge on any atom is -0.447 e. The number of hydrogen-bond donors (Lipinski definition) is 1. The molecule has 1 N–H and O–H groups in total. The van der Waals surface area contributed by atoms with E-state index in [9.17, 15) is 0 Å². The van der Waals surface area contributed by atoms with Gasteiger partial charge in [0, 0.05) is 23.2 Å². The van der Waals surface area contributed by atoms with Crippen molar-refractivity contribution in [3.63, 3.8) is 0 Å². The van der Waals surface area contributed by atoms with E-state index in [-0.39, 0.29) is 5.41 Å². The summed E-state index contributed by atoms with van der Waals surface area (Å²) in [6.45, 7) is 9.44. The van der Waals surface area contributed by atoms with Gasteiger partial charge < -0.3 is 9.40 Å². The maximum absolute atomic E-state index is 5.62. The number of rotatable bonds is 3. The van der Waals surface area contributed by atoms with Crippen LogP contribution in [-0.2, 0) is 12.0 Å². The zero-order chi connectivity index (χ0) is 14.9. The van der Waals surface area contributed by atoms with Gasteiger partial charge in [0.1, 0.15) is 6.26 Å². The highest BCUT2D eigenvalue weighted by Gasteiger charge is 2.24. The van der Waals surface area contributed by atoms with Gasteiger partial charge in [0.25, 0.3) is 0 Å². The van der Waals surface area contributed by atoms with E-state index in [4.69, 9.17) is 4.42 Å². The van der Waals surface area contributed by atoms with Crippen LogP contribution in [0.25, 0.3) is 0 Å². The third-order valence-electron chi connectivity index (χ3n) is 4.23. The first kappa shape index (κ1) is 14.3. The lowest BCUT2D eigenvalue weighted by Crippen LogP contribution is -2.32. The molecule has 1 saturated heterocycles. The van der Waals surface area contributed by atoms with Crippen molar-refractivity contribution in [3.05, 3.63) is 36.1 Å². The molecule has 0 amide bonds. The van der Waals surface area contributed by atoms with Crippen LogP contribution in [0.2, 0.25) is 0 Å². The molecule has 21 heavy (non-hydrogen) atoms. The van der Waals surface area contributed by atoms with Crippen LogP contribution in [0.3, 0.4) is 0 Å². The van der Waals surface area contributed by atoms with Gasteiger partial charge in [0.2, 0.25) is 5.89 Å². The molecule has 0 aromatic carbocycles. The zero-order valence-corrected chi connectivity index (χ0v) is 13.1. The Kier molecular flexibility index (Phi) is 3.85. The maximum atomic E-state index is 5.62. The highest BCUT2D eigenvalue weighted by atomic mass is 16.3. The van der Waals surface area contributed by atoms with E-state index in [0.717, 1.165) is 44.1 Å². The van der Waals surface area contributed by atoms with Gasteiger partial charge in [0.15, 0.2) is 0 Å². The van der Waals surface area contributed by atoms with Crippen LogP contribution in [0.5, 0.6) is 0 Å². The highest BCUT2D eigenvalue weighted by molar-refractivity contribution is 5.09. The molecule has 0 spiro atoms. The van der Waals surface area contributed by atoms with Crippen LogP contribution in [0.4, 0.5) is 0 Å². The number of H-pyrrole nitrogens is 1. The van der Waals surface area contributed by atoms with Crippen molar-refractivity contribution < 1.29 is 4.42 Å². The smallest absolute Gasteiger partial charge is 0.208 e. The summed E-state index contributed by atoms with van der Waals surface area (Å²) in [5, 5.41) is 0. The molecule has 5 nitrogen and oxygen atoms in total. The largest absolute Gasteiger partial charge is 0.447 e. The Morgan fingerprint density at radius 1 is 1.33 bits per heavy atom. The molecule has 2 aromatic heterocycles. The van der Waals surface area contributed by atoms with Gasteiger partial charge in [-0.15, -0.1) is 0 Å². The first-order valence-corrected chi connectivity index (χ1v) is 7.68. The minimum absolute atomic E-state index is 0.0510. The molecular formula is C16H24N4O. The standard InChI is InChI=1S/C16H24N4O/c1-16(2,3)14-10-21-15(19-14)9-20-6-4-12(5-7-20)13-8-17-11-18-13/h8,10-12H,4-7,9H2,1-3H3,(H,17,18). The van der Waals surface area contributed by atoms with Crippen molar-refractivity contribution in [1.82, 2.24) is 19.9 Å².